The standard InChI is InChI=1S/C29H23N2O2P/c1-30-24-19-20-28(23(22-24)18-21-29(32)33-2)31-34(25-12-6-3-7-13-25,26-14-8-4-9-15-26)27-16-10-5-11-17-27/h3-22H,2H3. The number of rotatable bonds is 6. The second-order valence-corrected chi connectivity index (χ2v) is 10.5. The van der Waals surface area contributed by atoms with Gasteiger partial charge in [-0.1, -0.05) is 97.1 Å². The van der Waals surface area contributed by atoms with E-state index in [2.05, 4.69) is 41.2 Å². The van der Waals surface area contributed by atoms with Crippen molar-refractivity contribution in [2.24, 2.45) is 4.74 Å². The van der Waals surface area contributed by atoms with Crippen LogP contribution in [0.2, 0.25) is 0 Å². The summed E-state index contributed by atoms with van der Waals surface area (Å²) in [6, 6.07) is 36.3. The molecule has 0 fully saturated rings. The van der Waals surface area contributed by atoms with Crippen molar-refractivity contribution < 1.29 is 9.53 Å². The van der Waals surface area contributed by atoms with E-state index < -0.39 is 13.0 Å². The van der Waals surface area contributed by atoms with Crippen molar-refractivity contribution in [1.29, 1.82) is 0 Å². The molecule has 0 heterocycles. The molecule has 4 rings (SSSR count). The fourth-order valence-corrected chi connectivity index (χ4v) is 7.33. The zero-order chi connectivity index (χ0) is 23.8. The maximum absolute atomic E-state index is 11.8. The molecule has 0 aliphatic carbocycles. The molecule has 166 valence electrons. The second-order valence-electron chi connectivity index (χ2n) is 7.45. The highest BCUT2D eigenvalue weighted by atomic mass is 31.2. The van der Waals surface area contributed by atoms with E-state index in [-0.39, 0.29) is 0 Å². The molecule has 0 saturated heterocycles. The zero-order valence-corrected chi connectivity index (χ0v) is 19.6. The molecular formula is C29H23N2O2P. The van der Waals surface area contributed by atoms with Gasteiger partial charge in [-0.3, -0.25) is 4.74 Å². The maximum atomic E-state index is 11.8. The van der Waals surface area contributed by atoms with Crippen molar-refractivity contribution in [2.45, 2.75) is 0 Å². The normalized spacial score (nSPS) is 11.1. The molecule has 4 aromatic rings. The molecule has 4 nitrogen and oxygen atoms in total. The van der Waals surface area contributed by atoms with Crippen molar-refractivity contribution in [3.8, 4) is 0 Å². The summed E-state index contributed by atoms with van der Waals surface area (Å²) in [4.78, 5) is 15.4. The van der Waals surface area contributed by atoms with Crippen molar-refractivity contribution >= 4 is 46.4 Å². The first kappa shape index (κ1) is 23.0. The van der Waals surface area contributed by atoms with Gasteiger partial charge in [0.25, 0.3) is 0 Å². The molecule has 4 aromatic carbocycles. The Morgan fingerprint density at radius 2 is 1.32 bits per heavy atom. The van der Waals surface area contributed by atoms with E-state index in [0.29, 0.717) is 16.9 Å². The number of ether oxygens (including phenoxy) is 1. The van der Waals surface area contributed by atoms with Crippen LogP contribution in [-0.2, 0) is 9.53 Å². The van der Waals surface area contributed by atoms with Gasteiger partial charge in [-0.05, 0) is 23.8 Å². The van der Waals surface area contributed by atoms with E-state index in [1.54, 1.807) is 18.2 Å². The highest BCUT2D eigenvalue weighted by Gasteiger charge is 2.27. The van der Waals surface area contributed by atoms with Crippen LogP contribution in [0.3, 0.4) is 0 Å². The maximum Gasteiger partial charge on any atom is 0.330 e. The van der Waals surface area contributed by atoms with Gasteiger partial charge in [0.05, 0.1) is 26.4 Å². The summed E-state index contributed by atoms with van der Waals surface area (Å²) in [6.45, 7) is 7.43. The van der Waals surface area contributed by atoms with Gasteiger partial charge in [0.2, 0.25) is 0 Å². The SMILES string of the molecule is [C-]#[N+]c1ccc(N=P(c2ccccc2)(c2ccccc2)c2ccccc2)c(C=CC(=O)OC)c1. The van der Waals surface area contributed by atoms with Crippen molar-refractivity contribution in [2.75, 3.05) is 7.11 Å². The number of benzene rings is 4. The fraction of sp³-hybridized carbons (Fsp3) is 0.0345. The van der Waals surface area contributed by atoms with Crippen LogP contribution < -0.4 is 15.9 Å². The van der Waals surface area contributed by atoms with Gasteiger partial charge in [0.15, 0.2) is 5.69 Å². The van der Waals surface area contributed by atoms with E-state index in [9.17, 15) is 4.79 Å². The van der Waals surface area contributed by atoms with Crippen LogP contribution in [0.15, 0.2) is 120 Å². The molecule has 0 saturated carbocycles. The minimum absolute atomic E-state index is 0.464. The van der Waals surface area contributed by atoms with E-state index in [4.69, 9.17) is 16.1 Å². The third-order valence-corrected chi connectivity index (χ3v) is 9.04. The van der Waals surface area contributed by atoms with Crippen LogP contribution in [-0.4, -0.2) is 13.1 Å². The summed E-state index contributed by atoms with van der Waals surface area (Å²) < 4.78 is 10.3. The van der Waals surface area contributed by atoms with Gasteiger partial charge < -0.3 is 4.74 Å². The molecule has 0 aliphatic rings. The number of carbonyl (C=O) groups excluding carboxylic acids is 1. The predicted octanol–water partition coefficient (Wildman–Crippen LogP) is 6.23. The highest BCUT2D eigenvalue weighted by molar-refractivity contribution is 7.87. The summed E-state index contributed by atoms with van der Waals surface area (Å²) in [5, 5.41) is 3.35. The van der Waals surface area contributed by atoms with Crippen LogP contribution in [0.5, 0.6) is 0 Å². The Labute approximate surface area is 200 Å². The van der Waals surface area contributed by atoms with Crippen LogP contribution in [0.1, 0.15) is 5.56 Å². The first-order valence-electron chi connectivity index (χ1n) is 10.7. The fourth-order valence-electron chi connectivity index (χ4n) is 3.78. The Kier molecular flexibility index (Phi) is 7.18. The lowest BCUT2D eigenvalue weighted by molar-refractivity contribution is -0.134. The van der Waals surface area contributed by atoms with Gasteiger partial charge in [-0.15, -0.1) is 0 Å². The van der Waals surface area contributed by atoms with E-state index >= 15 is 0 Å². The van der Waals surface area contributed by atoms with E-state index in [1.165, 1.54) is 13.2 Å². The Balaban J connectivity index is 2.11. The molecule has 0 radical (unpaired) electrons. The van der Waals surface area contributed by atoms with Crippen molar-refractivity contribution in [1.82, 2.24) is 0 Å². The molecule has 0 bridgehead atoms. The van der Waals surface area contributed by atoms with Gasteiger partial charge in [-0.25, -0.2) is 9.64 Å². The molecule has 0 atom stereocenters. The van der Waals surface area contributed by atoms with Gasteiger partial charge >= 0.3 is 5.97 Å². The summed E-state index contributed by atoms with van der Waals surface area (Å²) in [5.74, 6) is -0.464. The average molecular weight is 462 g/mol. The Morgan fingerprint density at radius 3 is 1.76 bits per heavy atom. The lowest BCUT2D eigenvalue weighted by atomic mass is 10.1. The van der Waals surface area contributed by atoms with Gasteiger partial charge in [0.1, 0.15) is 0 Å². The predicted molar refractivity (Wildman–Crippen MR) is 141 cm³/mol. The molecule has 0 aromatic heterocycles. The van der Waals surface area contributed by atoms with Crippen molar-refractivity contribution in [3.63, 3.8) is 0 Å². The topological polar surface area (TPSA) is 43.0 Å². The van der Waals surface area contributed by atoms with Crippen LogP contribution in [0.25, 0.3) is 10.9 Å². The molecule has 0 spiro atoms. The lowest BCUT2D eigenvalue weighted by Crippen LogP contribution is -2.25. The van der Waals surface area contributed by atoms with Crippen LogP contribution in [0.4, 0.5) is 11.4 Å². The smallest absolute Gasteiger partial charge is 0.330 e. The number of esters is 1. The van der Waals surface area contributed by atoms with Crippen LogP contribution >= 0.6 is 7.05 Å². The largest absolute Gasteiger partial charge is 0.466 e. The summed E-state index contributed by atoms with van der Waals surface area (Å²) in [7, 11) is -1.14. The number of hydrogen-bond acceptors (Lipinski definition) is 3. The average Bonchev–Trinajstić information content (AvgIpc) is 2.92. The quantitative estimate of drug-likeness (QED) is 0.148. The Bertz CT molecular complexity index is 1300. The van der Waals surface area contributed by atoms with E-state index in [0.717, 1.165) is 15.9 Å². The molecule has 5 heteroatoms. The lowest BCUT2D eigenvalue weighted by Gasteiger charge is -2.27. The van der Waals surface area contributed by atoms with Gasteiger partial charge in [0, 0.05) is 22.0 Å². The Hall–Kier alpha value is -4.19. The summed E-state index contributed by atoms with van der Waals surface area (Å²) in [5.41, 5.74) is 1.87. The number of carbonyl (C=O) groups is 1. The number of nitrogens with zero attached hydrogens (tertiary/aromatic N) is 2. The van der Waals surface area contributed by atoms with Crippen molar-refractivity contribution in [3.05, 3.63) is 132 Å². The number of hydrogen-bond donors (Lipinski definition) is 0. The molecular weight excluding hydrogens is 439 g/mol. The van der Waals surface area contributed by atoms with Crippen LogP contribution in [0, 0.1) is 6.57 Å². The van der Waals surface area contributed by atoms with Gasteiger partial charge in [-0.2, -0.15) is 0 Å². The summed E-state index contributed by atoms with van der Waals surface area (Å²) in [6.07, 6.45) is 3.02. The first-order chi connectivity index (χ1) is 16.7. The molecule has 0 unspecified atom stereocenters. The third-order valence-electron chi connectivity index (χ3n) is 5.39. The number of methoxy groups -OCH3 is 1. The summed E-state index contributed by atoms with van der Waals surface area (Å²) >= 11 is 0. The molecule has 0 amide bonds. The molecule has 0 aliphatic heterocycles. The minimum atomic E-state index is -2.48. The zero-order valence-electron chi connectivity index (χ0n) is 18.7. The Morgan fingerprint density at radius 1 is 0.824 bits per heavy atom. The molecule has 0 N–H and O–H groups in total. The highest BCUT2D eigenvalue weighted by Crippen LogP contribution is 2.50. The third kappa shape index (κ3) is 4.76. The van der Waals surface area contributed by atoms with E-state index in [1.807, 2.05) is 60.7 Å². The minimum Gasteiger partial charge on any atom is -0.466 e. The second kappa shape index (κ2) is 10.6. The first-order valence-corrected chi connectivity index (χ1v) is 12.5. The molecule has 34 heavy (non-hydrogen) atoms. The monoisotopic (exact) mass is 462 g/mol.